The van der Waals surface area contributed by atoms with Crippen LogP contribution < -0.4 is 4.74 Å². The van der Waals surface area contributed by atoms with Gasteiger partial charge in [0, 0.05) is 6.42 Å². The number of aliphatic carboxylic acids is 1. The third kappa shape index (κ3) is 5.77. The zero-order valence-electron chi connectivity index (χ0n) is 17.0. The highest BCUT2D eigenvalue weighted by atomic mass is 19.4. The SMILES string of the molecule is CC(CC1CC(C(=O)O)C1)C1=Cc2ccc(OCCCC(F)(F)F)cc2C[C@H]1C. The van der Waals surface area contributed by atoms with Gasteiger partial charge in [0.1, 0.15) is 5.75 Å². The molecule has 0 amide bonds. The summed E-state index contributed by atoms with van der Waals surface area (Å²) in [4.78, 5) is 11.0. The maximum absolute atomic E-state index is 12.2. The Morgan fingerprint density at radius 1 is 1.31 bits per heavy atom. The van der Waals surface area contributed by atoms with Crippen molar-refractivity contribution in [3.63, 3.8) is 0 Å². The van der Waals surface area contributed by atoms with E-state index in [2.05, 4.69) is 19.9 Å². The van der Waals surface area contributed by atoms with Crippen molar-refractivity contribution in [3.05, 3.63) is 34.9 Å². The van der Waals surface area contributed by atoms with Crippen molar-refractivity contribution in [1.29, 1.82) is 0 Å². The molecular weight excluding hydrogens is 381 g/mol. The summed E-state index contributed by atoms with van der Waals surface area (Å²) in [6.07, 6.45) is 0.703. The molecule has 0 heterocycles. The number of carboxylic acids is 1. The predicted octanol–water partition coefficient (Wildman–Crippen LogP) is 6.12. The van der Waals surface area contributed by atoms with Gasteiger partial charge in [-0.05, 0) is 73.1 Å². The van der Waals surface area contributed by atoms with Crippen LogP contribution in [0.25, 0.3) is 6.08 Å². The van der Waals surface area contributed by atoms with E-state index in [4.69, 9.17) is 9.84 Å². The molecule has 2 atom stereocenters. The van der Waals surface area contributed by atoms with E-state index in [9.17, 15) is 18.0 Å². The molecule has 3 rings (SSSR count). The van der Waals surface area contributed by atoms with Crippen molar-refractivity contribution in [2.75, 3.05) is 6.61 Å². The molecule has 0 aromatic heterocycles. The van der Waals surface area contributed by atoms with Gasteiger partial charge in [-0.15, -0.1) is 0 Å². The summed E-state index contributed by atoms with van der Waals surface area (Å²) in [7, 11) is 0. The van der Waals surface area contributed by atoms with Gasteiger partial charge in [0.2, 0.25) is 0 Å². The monoisotopic (exact) mass is 410 g/mol. The van der Waals surface area contributed by atoms with Gasteiger partial charge in [0.25, 0.3) is 0 Å². The summed E-state index contributed by atoms with van der Waals surface area (Å²) < 4.78 is 42.2. The second kappa shape index (κ2) is 8.80. The number of hydrogen-bond acceptors (Lipinski definition) is 2. The lowest BCUT2D eigenvalue weighted by Gasteiger charge is -2.36. The quantitative estimate of drug-likeness (QED) is 0.525. The molecule has 0 saturated heterocycles. The Kier molecular flexibility index (Phi) is 6.59. The molecule has 1 N–H and O–H groups in total. The molecule has 2 aliphatic rings. The summed E-state index contributed by atoms with van der Waals surface area (Å²) in [5.74, 6) is 1.07. The summed E-state index contributed by atoms with van der Waals surface area (Å²) in [5.41, 5.74) is 3.70. The van der Waals surface area contributed by atoms with E-state index < -0.39 is 18.6 Å². The number of fused-ring (bicyclic) bond motifs is 1. The number of carboxylic acid groups (broad SMARTS) is 1. The second-order valence-corrected chi connectivity index (χ2v) is 8.69. The van der Waals surface area contributed by atoms with E-state index in [0.29, 0.717) is 23.5 Å². The zero-order valence-corrected chi connectivity index (χ0v) is 17.0. The molecule has 0 bridgehead atoms. The summed E-state index contributed by atoms with van der Waals surface area (Å²) in [6.45, 7) is 4.48. The molecule has 1 saturated carbocycles. The number of carbonyl (C=O) groups is 1. The Bertz CT molecular complexity index is 763. The highest BCUT2D eigenvalue weighted by Crippen LogP contribution is 2.42. The van der Waals surface area contributed by atoms with Crippen LogP contribution in [0.3, 0.4) is 0 Å². The number of alkyl halides is 3. The van der Waals surface area contributed by atoms with E-state index in [1.165, 1.54) is 5.57 Å². The van der Waals surface area contributed by atoms with Crippen LogP contribution in [0.5, 0.6) is 5.75 Å². The second-order valence-electron chi connectivity index (χ2n) is 8.69. The Morgan fingerprint density at radius 3 is 2.69 bits per heavy atom. The molecule has 1 aromatic carbocycles. The molecular formula is C23H29F3O3. The van der Waals surface area contributed by atoms with Gasteiger partial charge < -0.3 is 9.84 Å². The topological polar surface area (TPSA) is 46.5 Å². The molecule has 160 valence electrons. The molecule has 3 nitrogen and oxygen atoms in total. The summed E-state index contributed by atoms with van der Waals surface area (Å²) >= 11 is 0. The van der Waals surface area contributed by atoms with Crippen molar-refractivity contribution in [1.82, 2.24) is 0 Å². The number of allylic oxidation sites excluding steroid dienone is 1. The van der Waals surface area contributed by atoms with Crippen LogP contribution in [0.4, 0.5) is 13.2 Å². The molecule has 0 radical (unpaired) electrons. The molecule has 1 unspecified atom stereocenters. The maximum Gasteiger partial charge on any atom is 0.389 e. The normalized spacial score (nSPS) is 24.9. The molecule has 1 aromatic rings. The van der Waals surface area contributed by atoms with Gasteiger partial charge in [-0.25, -0.2) is 0 Å². The van der Waals surface area contributed by atoms with Crippen molar-refractivity contribution in [2.45, 2.75) is 58.5 Å². The number of rotatable bonds is 8. The van der Waals surface area contributed by atoms with Gasteiger partial charge >= 0.3 is 12.1 Å². The average molecular weight is 410 g/mol. The molecule has 1 fully saturated rings. The third-order valence-electron chi connectivity index (χ3n) is 6.25. The first kappa shape index (κ1) is 21.7. The van der Waals surface area contributed by atoms with E-state index in [0.717, 1.165) is 36.8 Å². The molecule has 29 heavy (non-hydrogen) atoms. The van der Waals surface area contributed by atoms with Crippen LogP contribution in [0.15, 0.2) is 23.8 Å². The average Bonchev–Trinajstić information content (AvgIpc) is 2.59. The minimum atomic E-state index is -4.14. The lowest BCUT2D eigenvalue weighted by atomic mass is 9.68. The van der Waals surface area contributed by atoms with Crippen molar-refractivity contribution >= 4 is 12.0 Å². The van der Waals surface area contributed by atoms with Crippen LogP contribution in [0.2, 0.25) is 0 Å². The van der Waals surface area contributed by atoms with Gasteiger partial charge in [-0.2, -0.15) is 13.2 Å². The predicted molar refractivity (Wildman–Crippen MR) is 106 cm³/mol. The largest absolute Gasteiger partial charge is 0.494 e. The molecule has 0 aliphatic heterocycles. The number of halogens is 3. The first-order valence-electron chi connectivity index (χ1n) is 10.4. The Balaban J connectivity index is 1.57. The first-order valence-corrected chi connectivity index (χ1v) is 10.4. The van der Waals surface area contributed by atoms with Gasteiger partial charge in [-0.3, -0.25) is 4.79 Å². The van der Waals surface area contributed by atoms with Crippen LogP contribution in [0, 0.1) is 23.7 Å². The zero-order chi connectivity index (χ0) is 21.2. The fraction of sp³-hybridized carbons (Fsp3) is 0.609. The van der Waals surface area contributed by atoms with Crippen LogP contribution in [-0.2, 0) is 11.2 Å². The van der Waals surface area contributed by atoms with Gasteiger partial charge in [0.15, 0.2) is 0 Å². The number of ether oxygens (including phenoxy) is 1. The van der Waals surface area contributed by atoms with E-state index in [-0.39, 0.29) is 18.9 Å². The lowest BCUT2D eigenvalue weighted by Crippen LogP contribution is -2.32. The highest BCUT2D eigenvalue weighted by molar-refractivity contribution is 5.71. The minimum absolute atomic E-state index is 0.0392. The molecule has 2 aliphatic carbocycles. The van der Waals surface area contributed by atoms with Crippen molar-refractivity contribution < 1.29 is 27.8 Å². The molecule has 0 spiro atoms. The summed E-state index contributed by atoms with van der Waals surface area (Å²) in [6, 6.07) is 5.75. The van der Waals surface area contributed by atoms with E-state index in [1.807, 2.05) is 18.2 Å². The standard InChI is InChI=1S/C23H29F3O3/c1-14(8-16-10-19(11-16)22(27)28)21-13-17-4-5-20(12-18(17)9-15(21)2)29-7-3-6-23(24,25)26/h4-5,12-16,19H,3,6-11H2,1-2H3,(H,27,28)/t14?,15-,16?,19?/m1/s1. The van der Waals surface area contributed by atoms with Gasteiger partial charge in [0.05, 0.1) is 12.5 Å². The van der Waals surface area contributed by atoms with Crippen molar-refractivity contribution in [3.8, 4) is 5.75 Å². The fourth-order valence-corrected chi connectivity index (χ4v) is 4.62. The summed E-state index contributed by atoms with van der Waals surface area (Å²) in [5, 5.41) is 9.04. The minimum Gasteiger partial charge on any atom is -0.494 e. The Labute approximate surface area is 170 Å². The van der Waals surface area contributed by atoms with E-state index in [1.54, 1.807) is 0 Å². The van der Waals surface area contributed by atoms with Gasteiger partial charge in [-0.1, -0.05) is 31.6 Å². The van der Waals surface area contributed by atoms with Crippen LogP contribution in [0.1, 0.15) is 57.1 Å². The van der Waals surface area contributed by atoms with Crippen LogP contribution >= 0.6 is 0 Å². The molecule has 6 heteroatoms. The Hall–Kier alpha value is -1.98. The highest BCUT2D eigenvalue weighted by Gasteiger charge is 2.36. The van der Waals surface area contributed by atoms with Crippen molar-refractivity contribution in [2.24, 2.45) is 23.7 Å². The fourth-order valence-electron chi connectivity index (χ4n) is 4.62. The number of hydrogen-bond donors (Lipinski definition) is 1. The Morgan fingerprint density at radius 2 is 2.03 bits per heavy atom. The lowest BCUT2D eigenvalue weighted by molar-refractivity contribution is -0.146. The van der Waals surface area contributed by atoms with E-state index >= 15 is 0 Å². The third-order valence-corrected chi connectivity index (χ3v) is 6.25. The smallest absolute Gasteiger partial charge is 0.389 e. The number of benzene rings is 1. The maximum atomic E-state index is 12.2. The van der Waals surface area contributed by atoms with Crippen LogP contribution in [-0.4, -0.2) is 23.9 Å². The first-order chi connectivity index (χ1) is 13.6.